The van der Waals surface area contributed by atoms with Crippen LogP contribution in [0.2, 0.25) is 0 Å². The highest BCUT2D eigenvalue weighted by Crippen LogP contribution is 2.37. The molecule has 1 aliphatic rings. The van der Waals surface area contributed by atoms with Crippen LogP contribution in [0.15, 0.2) is 43.0 Å². The number of carbonyl (C=O) groups is 1. The number of aromatic nitrogens is 4. The van der Waals surface area contributed by atoms with Gasteiger partial charge in [-0.25, -0.2) is 14.8 Å². The molecule has 0 aliphatic carbocycles. The summed E-state index contributed by atoms with van der Waals surface area (Å²) < 4.78 is 88.7. The Kier molecular flexibility index (Phi) is 9.02. The number of carbonyl (C=O) groups excluding carboxylic acids is 1. The average Bonchev–Trinajstić information content (AvgIpc) is 3.57. The maximum Gasteiger partial charge on any atom is 0.416 e. The quantitative estimate of drug-likeness (QED) is 0.269. The number of halogens is 6. The second-order valence-corrected chi connectivity index (χ2v) is 10.4. The van der Waals surface area contributed by atoms with Crippen molar-refractivity contribution in [3.8, 4) is 11.1 Å². The van der Waals surface area contributed by atoms with Gasteiger partial charge in [0.15, 0.2) is 0 Å². The Morgan fingerprint density at radius 3 is 2.14 bits per heavy atom. The summed E-state index contributed by atoms with van der Waals surface area (Å²) in [6.07, 6.45) is -2.85. The van der Waals surface area contributed by atoms with E-state index in [0.717, 1.165) is 5.56 Å². The molecule has 1 saturated heterocycles. The highest BCUT2D eigenvalue weighted by atomic mass is 19.4. The zero-order chi connectivity index (χ0) is 30.8. The van der Waals surface area contributed by atoms with Gasteiger partial charge in [0.1, 0.15) is 6.10 Å². The van der Waals surface area contributed by atoms with Crippen molar-refractivity contribution in [2.75, 3.05) is 11.4 Å². The monoisotopic (exact) mass is 598 g/mol. The van der Waals surface area contributed by atoms with Crippen LogP contribution in [0.3, 0.4) is 0 Å². The van der Waals surface area contributed by atoms with Gasteiger partial charge in [0.05, 0.1) is 23.4 Å². The minimum absolute atomic E-state index is 0.0996. The van der Waals surface area contributed by atoms with Gasteiger partial charge in [-0.15, -0.1) is 0 Å². The molecule has 3 unspecified atom stereocenters. The van der Waals surface area contributed by atoms with Gasteiger partial charge < -0.3 is 14.5 Å². The van der Waals surface area contributed by atoms with Crippen LogP contribution in [-0.4, -0.2) is 55.5 Å². The first kappa shape index (κ1) is 31.1. The molecule has 3 atom stereocenters. The van der Waals surface area contributed by atoms with Crippen molar-refractivity contribution in [3.05, 3.63) is 59.7 Å². The average molecular weight is 599 g/mol. The number of amides is 1. The number of rotatable bonds is 8. The zero-order valence-corrected chi connectivity index (χ0v) is 23.6. The summed E-state index contributed by atoms with van der Waals surface area (Å²) in [5.41, 5.74) is -1.67. The van der Waals surface area contributed by atoms with Gasteiger partial charge in [0.25, 0.3) is 0 Å². The molecule has 0 spiro atoms. The third kappa shape index (κ3) is 7.13. The molecule has 2 aromatic heterocycles. The predicted molar refractivity (Wildman–Crippen MR) is 142 cm³/mol. The Morgan fingerprint density at radius 1 is 1.02 bits per heavy atom. The van der Waals surface area contributed by atoms with Crippen molar-refractivity contribution >= 4 is 12.0 Å². The maximum atomic E-state index is 13.6. The lowest BCUT2D eigenvalue weighted by Gasteiger charge is -2.30. The smallest absolute Gasteiger partial charge is 0.416 e. The van der Waals surface area contributed by atoms with Gasteiger partial charge in [-0.2, -0.15) is 31.4 Å². The van der Waals surface area contributed by atoms with Crippen molar-refractivity contribution in [1.29, 1.82) is 0 Å². The largest absolute Gasteiger partial charge is 0.446 e. The summed E-state index contributed by atoms with van der Waals surface area (Å²) in [5, 5.41) is 4.11. The summed E-state index contributed by atoms with van der Waals surface area (Å²) in [6.45, 7) is 5.31. The van der Waals surface area contributed by atoms with Crippen LogP contribution >= 0.6 is 0 Å². The number of nitrogens with zero attached hydrogens (tertiary/aromatic N) is 6. The van der Waals surface area contributed by atoms with Crippen LogP contribution in [0.5, 0.6) is 0 Å². The molecule has 0 radical (unpaired) electrons. The van der Waals surface area contributed by atoms with E-state index in [0.29, 0.717) is 37.0 Å². The van der Waals surface area contributed by atoms with E-state index in [1.54, 1.807) is 40.8 Å². The molecular weight excluding hydrogens is 566 g/mol. The van der Waals surface area contributed by atoms with Gasteiger partial charge in [-0.05, 0) is 49.9 Å². The molecule has 4 rings (SSSR count). The van der Waals surface area contributed by atoms with Crippen molar-refractivity contribution in [2.45, 2.75) is 77.1 Å². The number of ether oxygens (including phenoxy) is 1. The topological polar surface area (TPSA) is 76.4 Å². The van der Waals surface area contributed by atoms with Gasteiger partial charge in [0, 0.05) is 55.9 Å². The first-order chi connectivity index (χ1) is 19.7. The summed E-state index contributed by atoms with van der Waals surface area (Å²) in [4.78, 5) is 24.9. The maximum absolute atomic E-state index is 13.6. The number of likely N-dealkylation sites (tertiary alicyclic amines) is 1. The first-order valence-electron chi connectivity index (χ1n) is 13.5. The second-order valence-electron chi connectivity index (χ2n) is 10.4. The molecule has 0 N–H and O–H groups in total. The number of hydrogen-bond donors (Lipinski definition) is 0. The predicted octanol–water partition coefficient (Wildman–Crippen LogP) is 6.71. The van der Waals surface area contributed by atoms with Crippen LogP contribution in [0, 0.1) is 0 Å². The van der Waals surface area contributed by atoms with Crippen molar-refractivity contribution in [2.24, 2.45) is 7.05 Å². The zero-order valence-electron chi connectivity index (χ0n) is 23.6. The van der Waals surface area contributed by atoms with E-state index >= 15 is 0 Å². The van der Waals surface area contributed by atoms with Crippen molar-refractivity contribution in [3.63, 3.8) is 0 Å². The fourth-order valence-corrected chi connectivity index (χ4v) is 4.91. The molecule has 1 fully saturated rings. The minimum Gasteiger partial charge on any atom is -0.446 e. The van der Waals surface area contributed by atoms with E-state index in [-0.39, 0.29) is 42.8 Å². The van der Waals surface area contributed by atoms with Crippen LogP contribution in [0.1, 0.15) is 56.7 Å². The highest BCUT2D eigenvalue weighted by Gasteiger charge is 2.41. The molecule has 3 aromatic rings. The van der Waals surface area contributed by atoms with E-state index < -0.39 is 35.6 Å². The number of aryl methyl sites for hydroxylation is 1. The lowest BCUT2D eigenvalue weighted by molar-refractivity contribution is -0.143. The van der Waals surface area contributed by atoms with Gasteiger partial charge in [-0.1, -0.05) is 13.8 Å². The molecule has 0 bridgehead atoms. The van der Waals surface area contributed by atoms with E-state index in [9.17, 15) is 31.1 Å². The standard InChI is InChI=1S/C28H32F6N6O2/c1-5-17(3)42-26(41)40-16-24(10-23(40)6-2)39(25-35-11-19(12-36-25)20-13-37-38(4)15-20)14-18-7-21(27(29,30)31)9-22(8-18)28(32,33)34/h7-9,11-13,15,17,23-24H,5-6,10,14,16H2,1-4H3. The Bertz CT molecular complexity index is 1340. The van der Waals surface area contributed by atoms with E-state index in [2.05, 4.69) is 15.1 Å². The summed E-state index contributed by atoms with van der Waals surface area (Å²) in [6, 6.07) is 0.743. The normalized spacial score (nSPS) is 18.3. The van der Waals surface area contributed by atoms with Crippen LogP contribution in [0.4, 0.5) is 37.1 Å². The molecule has 3 heterocycles. The molecule has 42 heavy (non-hydrogen) atoms. The minimum atomic E-state index is -4.99. The van der Waals surface area contributed by atoms with Gasteiger partial charge in [0.2, 0.25) is 5.95 Å². The number of hydrogen-bond acceptors (Lipinski definition) is 6. The lowest BCUT2D eigenvalue weighted by Crippen LogP contribution is -2.41. The van der Waals surface area contributed by atoms with Gasteiger partial charge >= 0.3 is 18.4 Å². The molecule has 1 aliphatic heterocycles. The molecule has 8 nitrogen and oxygen atoms in total. The highest BCUT2D eigenvalue weighted by molar-refractivity contribution is 5.69. The first-order valence-corrected chi connectivity index (χ1v) is 13.5. The Labute approximate surface area is 239 Å². The molecule has 1 amide bonds. The fourth-order valence-electron chi connectivity index (χ4n) is 4.91. The third-order valence-electron chi connectivity index (χ3n) is 7.35. The molecule has 1 aromatic carbocycles. The second kappa shape index (κ2) is 12.2. The number of anilines is 1. The number of benzene rings is 1. The lowest BCUT2D eigenvalue weighted by atomic mass is 10.0. The third-order valence-corrected chi connectivity index (χ3v) is 7.35. The van der Waals surface area contributed by atoms with Gasteiger partial charge in [-0.3, -0.25) is 4.68 Å². The van der Waals surface area contributed by atoms with Crippen molar-refractivity contribution in [1.82, 2.24) is 24.6 Å². The van der Waals surface area contributed by atoms with Crippen molar-refractivity contribution < 1.29 is 35.9 Å². The van der Waals surface area contributed by atoms with Crippen LogP contribution in [-0.2, 0) is 30.7 Å². The Hall–Kier alpha value is -3.84. The Balaban J connectivity index is 1.73. The molecule has 228 valence electrons. The SMILES string of the molecule is CCC(C)OC(=O)N1CC(N(Cc2cc(C(F)(F)F)cc(C(F)(F)F)c2)c2ncc(-c3cnn(C)c3)cn2)CC1CC. The summed E-state index contributed by atoms with van der Waals surface area (Å²) >= 11 is 0. The number of alkyl halides is 6. The molecule has 0 saturated carbocycles. The molecular formula is C28H32F6N6O2. The molecule has 14 heteroatoms. The van der Waals surface area contributed by atoms with E-state index in [1.165, 1.54) is 12.4 Å². The Morgan fingerprint density at radius 2 is 1.64 bits per heavy atom. The van der Waals surface area contributed by atoms with E-state index in [4.69, 9.17) is 4.74 Å². The summed E-state index contributed by atoms with van der Waals surface area (Å²) in [5.74, 6) is 0.102. The van der Waals surface area contributed by atoms with E-state index in [1.807, 2.05) is 13.8 Å². The summed E-state index contributed by atoms with van der Waals surface area (Å²) in [7, 11) is 1.74. The van der Waals surface area contributed by atoms with Crippen LogP contribution < -0.4 is 4.90 Å². The fraction of sp³-hybridized carbons (Fsp3) is 0.500. The van der Waals surface area contributed by atoms with Crippen LogP contribution in [0.25, 0.3) is 11.1 Å².